The quantitative estimate of drug-likeness (QED) is 0.451. The third-order valence-corrected chi connectivity index (χ3v) is 5.21. The standard InChI is InChI=1S/C21H18F2N4S/c22-17-4-2-16(3-5-17)20-14-28-21(25-19-8-6-18(23)7-9-19)27(20)12-1-11-26-13-10-24-15-26/h2-10,13-15H,1,11-12H2. The van der Waals surface area contributed by atoms with Gasteiger partial charge in [0.2, 0.25) is 0 Å². The van der Waals surface area contributed by atoms with Gasteiger partial charge in [0.05, 0.1) is 17.7 Å². The molecular weight excluding hydrogens is 378 g/mol. The molecule has 7 heteroatoms. The molecule has 0 fully saturated rings. The average molecular weight is 396 g/mol. The lowest BCUT2D eigenvalue weighted by molar-refractivity contribution is 0.559. The van der Waals surface area contributed by atoms with Crippen LogP contribution in [0.25, 0.3) is 11.3 Å². The average Bonchev–Trinajstić information content (AvgIpc) is 3.35. The van der Waals surface area contributed by atoms with Crippen LogP contribution in [0.5, 0.6) is 0 Å². The monoisotopic (exact) mass is 396 g/mol. The summed E-state index contributed by atoms with van der Waals surface area (Å²) in [5, 5.41) is 2.02. The van der Waals surface area contributed by atoms with Crippen molar-refractivity contribution in [2.45, 2.75) is 19.5 Å². The number of hydrogen-bond donors (Lipinski definition) is 0. The zero-order valence-corrected chi connectivity index (χ0v) is 15.8. The third kappa shape index (κ3) is 4.26. The Hall–Kier alpha value is -3.06. The van der Waals surface area contributed by atoms with Gasteiger partial charge in [-0.2, -0.15) is 0 Å². The maximum Gasteiger partial charge on any atom is 0.190 e. The van der Waals surface area contributed by atoms with E-state index in [1.807, 2.05) is 16.1 Å². The van der Waals surface area contributed by atoms with E-state index >= 15 is 0 Å². The first-order valence-electron chi connectivity index (χ1n) is 8.89. The molecule has 4 rings (SSSR count). The highest BCUT2D eigenvalue weighted by Crippen LogP contribution is 2.22. The number of thiazole rings is 1. The van der Waals surface area contributed by atoms with Crippen molar-refractivity contribution in [1.82, 2.24) is 14.1 Å². The Morgan fingerprint density at radius 2 is 1.64 bits per heavy atom. The molecular formula is C21H18F2N4S. The summed E-state index contributed by atoms with van der Waals surface area (Å²) in [6.45, 7) is 1.58. The lowest BCUT2D eigenvalue weighted by atomic mass is 10.1. The Kier molecular flexibility index (Phi) is 5.43. The highest BCUT2D eigenvalue weighted by molar-refractivity contribution is 7.07. The predicted molar refractivity (Wildman–Crippen MR) is 106 cm³/mol. The molecule has 0 unspecified atom stereocenters. The number of imidazole rings is 1. The summed E-state index contributed by atoms with van der Waals surface area (Å²) in [5.74, 6) is -0.549. The van der Waals surface area contributed by atoms with E-state index in [0.717, 1.165) is 35.6 Å². The van der Waals surface area contributed by atoms with E-state index < -0.39 is 0 Å². The van der Waals surface area contributed by atoms with Crippen molar-refractivity contribution in [3.05, 3.63) is 89.1 Å². The molecule has 0 amide bonds. The summed E-state index contributed by atoms with van der Waals surface area (Å²) in [6.07, 6.45) is 6.38. The van der Waals surface area contributed by atoms with Gasteiger partial charge in [0.15, 0.2) is 4.80 Å². The van der Waals surface area contributed by atoms with Crippen LogP contribution in [0, 0.1) is 11.6 Å². The maximum absolute atomic E-state index is 13.3. The van der Waals surface area contributed by atoms with Gasteiger partial charge < -0.3 is 9.13 Å². The van der Waals surface area contributed by atoms with Crippen molar-refractivity contribution >= 4 is 17.0 Å². The van der Waals surface area contributed by atoms with Crippen molar-refractivity contribution in [3.8, 4) is 11.3 Å². The first-order chi connectivity index (χ1) is 13.7. The van der Waals surface area contributed by atoms with Gasteiger partial charge in [-0.3, -0.25) is 0 Å². The number of benzene rings is 2. The van der Waals surface area contributed by atoms with E-state index in [9.17, 15) is 8.78 Å². The normalized spacial score (nSPS) is 11.9. The second-order valence-corrected chi connectivity index (χ2v) is 7.14. The SMILES string of the molecule is Fc1ccc(N=c2scc(-c3ccc(F)cc3)n2CCCn2ccnc2)cc1. The third-order valence-electron chi connectivity index (χ3n) is 4.35. The zero-order valence-electron chi connectivity index (χ0n) is 15.0. The van der Waals surface area contributed by atoms with Crippen molar-refractivity contribution in [2.75, 3.05) is 0 Å². The van der Waals surface area contributed by atoms with E-state index in [4.69, 9.17) is 0 Å². The Balaban J connectivity index is 1.68. The summed E-state index contributed by atoms with van der Waals surface area (Å²) in [6, 6.07) is 12.6. The van der Waals surface area contributed by atoms with Crippen molar-refractivity contribution < 1.29 is 8.78 Å². The lowest BCUT2D eigenvalue weighted by Gasteiger charge is -2.10. The van der Waals surface area contributed by atoms with Crippen LogP contribution in [-0.2, 0) is 13.1 Å². The van der Waals surface area contributed by atoms with Gasteiger partial charge in [-0.25, -0.2) is 18.8 Å². The van der Waals surface area contributed by atoms with Gasteiger partial charge in [0.25, 0.3) is 0 Å². The highest BCUT2D eigenvalue weighted by atomic mass is 32.1. The number of aromatic nitrogens is 3. The first kappa shape index (κ1) is 18.3. The Morgan fingerprint density at radius 1 is 0.929 bits per heavy atom. The Morgan fingerprint density at radius 3 is 2.32 bits per heavy atom. The van der Waals surface area contributed by atoms with Crippen molar-refractivity contribution in [3.63, 3.8) is 0 Å². The van der Waals surface area contributed by atoms with Crippen molar-refractivity contribution in [2.24, 2.45) is 4.99 Å². The predicted octanol–water partition coefficient (Wildman–Crippen LogP) is 5.01. The highest BCUT2D eigenvalue weighted by Gasteiger charge is 2.09. The van der Waals surface area contributed by atoms with Crippen LogP contribution in [0.2, 0.25) is 0 Å². The molecule has 2 aromatic heterocycles. The van der Waals surface area contributed by atoms with Crippen LogP contribution in [0.1, 0.15) is 6.42 Å². The summed E-state index contributed by atoms with van der Waals surface area (Å²) < 4.78 is 30.7. The molecule has 0 N–H and O–H groups in total. The van der Waals surface area contributed by atoms with E-state index in [-0.39, 0.29) is 11.6 Å². The van der Waals surface area contributed by atoms with Gasteiger partial charge in [-0.15, -0.1) is 11.3 Å². The molecule has 0 aliphatic heterocycles. The topological polar surface area (TPSA) is 35.1 Å². The fourth-order valence-electron chi connectivity index (χ4n) is 2.94. The number of hydrogen-bond acceptors (Lipinski definition) is 3. The molecule has 2 aromatic carbocycles. The second kappa shape index (κ2) is 8.31. The van der Waals surface area contributed by atoms with Crippen LogP contribution in [0.15, 0.2) is 77.6 Å². The molecule has 0 saturated carbocycles. The number of halogens is 2. The smallest absolute Gasteiger partial charge is 0.190 e. The molecule has 2 heterocycles. The molecule has 0 aliphatic rings. The zero-order chi connectivity index (χ0) is 19.3. The van der Waals surface area contributed by atoms with Gasteiger partial charge in [-0.05, 0) is 60.5 Å². The van der Waals surface area contributed by atoms with Gasteiger partial charge >= 0.3 is 0 Å². The maximum atomic E-state index is 13.3. The lowest BCUT2D eigenvalue weighted by Crippen LogP contribution is -2.17. The summed E-state index contributed by atoms with van der Waals surface area (Å²) in [7, 11) is 0. The Labute approximate surface area is 165 Å². The Bertz CT molecular complexity index is 1090. The number of aryl methyl sites for hydroxylation is 1. The fraction of sp³-hybridized carbons (Fsp3) is 0.143. The first-order valence-corrected chi connectivity index (χ1v) is 9.77. The number of rotatable bonds is 6. The van der Waals surface area contributed by atoms with Gasteiger partial charge in [0, 0.05) is 30.9 Å². The van der Waals surface area contributed by atoms with Crippen LogP contribution in [0.4, 0.5) is 14.5 Å². The van der Waals surface area contributed by atoms with Crippen LogP contribution >= 0.6 is 11.3 Å². The molecule has 142 valence electrons. The van der Waals surface area contributed by atoms with E-state index in [0.29, 0.717) is 5.69 Å². The molecule has 0 radical (unpaired) electrons. The van der Waals surface area contributed by atoms with E-state index in [2.05, 4.69) is 14.5 Å². The molecule has 4 nitrogen and oxygen atoms in total. The largest absolute Gasteiger partial charge is 0.337 e. The summed E-state index contributed by atoms with van der Waals surface area (Å²) in [4.78, 5) is 9.56. The minimum absolute atomic E-state index is 0.262. The van der Waals surface area contributed by atoms with Crippen LogP contribution in [0.3, 0.4) is 0 Å². The summed E-state index contributed by atoms with van der Waals surface area (Å²) >= 11 is 1.51. The minimum atomic E-state index is -0.287. The van der Waals surface area contributed by atoms with E-state index in [1.54, 1.807) is 36.8 Å². The summed E-state index contributed by atoms with van der Waals surface area (Å²) in [5.41, 5.74) is 2.61. The molecule has 28 heavy (non-hydrogen) atoms. The van der Waals surface area contributed by atoms with Gasteiger partial charge in [-0.1, -0.05) is 0 Å². The minimum Gasteiger partial charge on any atom is -0.337 e. The van der Waals surface area contributed by atoms with E-state index in [1.165, 1.54) is 35.6 Å². The van der Waals surface area contributed by atoms with Crippen LogP contribution in [-0.4, -0.2) is 14.1 Å². The molecule has 0 spiro atoms. The second-order valence-electron chi connectivity index (χ2n) is 6.30. The number of nitrogens with zero attached hydrogens (tertiary/aromatic N) is 4. The fourth-order valence-corrected chi connectivity index (χ4v) is 3.90. The molecule has 0 atom stereocenters. The van der Waals surface area contributed by atoms with Crippen molar-refractivity contribution in [1.29, 1.82) is 0 Å². The molecule has 4 aromatic rings. The molecule has 0 saturated heterocycles. The molecule has 0 aliphatic carbocycles. The molecule has 0 bridgehead atoms. The van der Waals surface area contributed by atoms with Gasteiger partial charge in [0.1, 0.15) is 11.6 Å². The van der Waals surface area contributed by atoms with Crippen LogP contribution < -0.4 is 4.80 Å².